The van der Waals surface area contributed by atoms with Crippen LogP contribution >= 0.6 is 0 Å². The van der Waals surface area contributed by atoms with Crippen molar-refractivity contribution in [1.29, 1.82) is 0 Å². The van der Waals surface area contributed by atoms with E-state index in [-0.39, 0.29) is 25.3 Å². The Bertz CT molecular complexity index is 377. The number of likely N-dealkylation sites (tertiary alicyclic amines) is 1. The van der Waals surface area contributed by atoms with Crippen molar-refractivity contribution in [3.63, 3.8) is 0 Å². The fourth-order valence-corrected chi connectivity index (χ4v) is 2.31. The number of amides is 2. The zero-order valence-electron chi connectivity index (χ0n) is 11.6. The van der Waals surface area contributed by atoms with Crippen molar-refractivity contribution in [2.45, 2.75) is 24.9 Å². The standard InChI is InChI=1S/C14H22N2O4/c1-3-7-15(8-4-2)13(19)16-9-5-14(20,6-10-16)11-12(17)18/h3-4,20H,1-2,5-11H2,(H,17,18). The average Bonchev–Trinajstić information content (AvgIpc) is 2.37. The zero-order chi connectivity index (χ0) is 15.2. The number of aliphatic carboxylic acids is 1. The van der Waals surface area contributed by atoms with Gasteiger partial charge in [0.15, 0.2) is 0 Å². The van der Waals surface area contributed by atoms with E-state index in [2.05, 4.69) is 13.2 Å². The van der Waals surface area contributed by atoms with Crippen LogP contribution < -0.4 is 0 Å². The Balaban J connectivity index is 2.59. The third-order valence-electron chi connectivity index (χ3n) is 3.41. The molecular formula is C14H22N2O4. The van der Waals surface area contributed by atoms with Crippen LogP contribution in [0.5, 0.6) is 0 Å². The van der Waals surface area contributed by atoms with Crippen LogP contribution in [0.2, 0.25) is 0 Å². The van der Waals surface area contributed by atoms with Crippen molar-refractivity contribution in [2.75, 3.05) is 26.2 Å². The number of carbonyl (C=O) groups is 2. The number of rotatable bonds is 6. The molecule has 0 unspecified atom stereocenters. The highest BCUT2D eigenvalue weighted by Gasteiger charge is 2.36. The van der Waals surface area contributed by atoms with Crippen LogP contribution in [0.25, 0.3) is 0 Å². The number of piperidine rings is 1. The number of hydrogen-bond acceptors (Lipinski definition) is 3. The molecule has 0 radical (unpaired) electrons. The molecule has 112 valence electrons. The molecule has 0 atom stereocenters. The summed E-state index contributed by atoms with van der Waals surface area (Å²) in [6.07, 6.45) is 3.57. The van der Waals surface area contributed by atoms with E-state index in [1.54, 1.807) is 22.0 Å². The first-order valence-electron chi connectivity index (χ1n) is 6.61. The fourth-order valence-electron chi connectivity index (χ4n) is 2.31. The van der Waals surface area contributed by atoms with E-state index in [4.69, 9.17) is 5.11 Å². The molecule has 20 heavy (non-hydrogen) atoms. The second-order valence-corrected chi connectivity index (χ2v) is 5.05. The molecule has 6 nitrogen and oxygen atoms in total. The van der Waals surface area contributed by atoms with Crippen LogP contribution in [0.15, 0.2) is 25.3 Å². The first kappa shape index (κ1) is 16.2. The van der Waals surface area contributed by atoms with Crippen LogP contribution in [-0.2, 0) is 4.79 Å². The molecule has 1 aliphatic rings. The van der Waals surface area contributed by atoms with E-state index in [0.29, 0.717) is 26.2 Å². The molecule has 0 spiro atoms. The number of aliphatic hydroxyl groups is 1. The molecule has 0 aromatic heterocycles. The molecule has 6 heteroatoms. The predicted molar refractivity (Wildman–Crippen MR) is 75.4 cm³/mol. The van der Waals surface area contributed by atoms with E-state index >= 15 is 0 Å². The van der Waals surface area contributed by atoms with Crippen molar-refractivity contribution in [1.82, 2.24) is 9.80 Å². The maximum absolute atomic E-state index is 12.3. The van der Waals surface area contributed by atoms with E-state index in [0.717, 1.165) is 0 Å². The lowest BCUT2D eigenvalue weighted by molar-refractivity contribution is -0.144. The van der Waals surface area contributed by atoms with Gasteiger partial charge < -0.3 is 20.0 Å². The minimum Gasteiger partial charge on any atom is -0.481 e. The first-order chi connectivity index (χ1) is 9.41. The topological polar surface area (TPSA) is 81.1 Å². The van der Waals surface area contributed by atoms with Gasteiger partial charge in [0, 0.05) is 26.2 Å². The van der Waals surface area contributed by atoms with Crippen molar-refractivity contribution in [2.24, 2.45) is 0 Å². The predicted octanol–water partition coefficient (Wildman–Crippen LogP) is 1.08. The van der Waals surface area contributed by atoms with E-state index in [1.165, 1.54) is 0 Å². The highest BCUT2D eigenvalue weighted by Crippen LogP contribution is 2.26. The molecule has 0 aromatic carbocycles. The second-order valence-electron chi connectivity index (χ2n) is 5.05. The van der Waals surface area contributed by atoms with Gasteiger partial charge in [-0.25, -0.2) is 4.79 Å². The molecule has 1 saturated heterocycles. The van der Waals surface area contributed by atoms with Gasteiger partial charge >= 0.3 is 12.0 Å². The fraction of sp³-hybridized carbons (Fsp3) is 0.571. The number of nitrogens with zero attached hydrogens (tertiary/aromatic N) is 2. The Morgan fingerprint density at radius 2 is 1.70 bits per heavy atom. The van der Waals surface area contributed by atoms with Crippen molar-refractivity contribution in [3.8, 4) is 0 Å². The Labute approximate surface area is 119 Å². The summed E-state index contributed by atoms with van der Waals surface area (Å²) >= 11 is 0. The number of carboxylic acids is 1. The summed E-state index contributed by atoms with van der Waals surface area (Å²) in [5, 5.41) is 18.9. The summed E-state index contributed by atoms with van der Waals surface area (Å²) < 4.78 is 0. The molecule has 1 fully saturated rings. The van der Waals surface area contributed by atoms with Crippen LogP contribution in [0.1, 0.15) is 19.3 Å². The molecule has 1 aliphatic heterocycles. The van der Waals surface area contributed by atoms with Crippen LogP contribution in [0, 0.1) is 0 Å². The Morgan fingerprint density at radius 1 is 1.20 bits per heavy atom. The average molecular weight is 282 g/mol. The van der Waals surface area contributed by atoms with Gasteiger partial charge in [-0.3, -0.25) is 4.79 Å². The summed E-state index contributed by atoms with van der Waals surface area (Å²) in [5.74, 6) is -1.02. The van der Waals surface area contributed by atoms with Gasteiger partial charge in [0.25, 0.3) is 0 Å². The lowest BCUT2D eigenvalue weighted by Gasteiger charge is -2.39. The SMILES string of the molecule is C=CCN(CC=C)C(=O)N1CCC(O)(CC(=O)O)CC1. The summed E-state index contributed by atoms with van der Waals surface area (Å²) in [4.78, 5) is 26.2. The first-order valence-corrected chi connectivity index (χ1v) is 6.61. The van der Waals surface area contributed by atoms with Gasteiger partial charge in [-0.1, -0.05) is 12.2 Å². The maximum atomic E-state index is 12.3. The van der Waals surface area contributed by atoms with Crippen LogP contribution in [-0.4, -0.2) is 63.8 Å². The molecule has 0 saturated carbocycles. The molecule has 0 aliphatic carbocycles. The number of urea groups is 1. The summed E-state index contributed by atoms with van der Waals surface area (Å²) in [6.45, 7) is 8.80. The molecule has 2 amide bonds. The number of hydrogen-bond donors (Lipinski definition) is 2. The van der Waals surface area contributed by atoms with Crippen LogP contribution in [0.3, 0.4) is 0 Å². The van der Waals surface area contributed by atoms with Crippen molar-refractivity contribution in [3.05, 3.63) is 25.3 Å². The lowest BCUT2D eigenvalue weighted by atomic mass is 9.88. The number of carboxylic acid groups (broad SMARTS) is 1. The largest absolute Gasteiger partial charge is 0.481 e. The maximum Gasteiger partial charge on any atom is 0.320 e. The van der Waals surface area contributed by atoms with Gasteiger partial charge in [0.1, 0.15) is 0 Å². The highest BCUT2D eigenvalue weighted by atomic mass is 16.4. The molecule has 0 bridgehead atoms. The third-order valence-corrected chi connectivity index (χ3v) is 3.41. The molecule has 0 aromatic rings. The van der Waals surface area contributed by atoms with Gasteiger partial charge in [0.2, 0.25) is 0 Å². The van der Waals surface area contributed by atoms with Crippen molar-refractivity contribution >= 4 is 12.0 Å². The summed E-state index contributed by atoms with van der Waals surface area (Å²) in [7, 11) is 0. The van der Waals surface area contributed by atoms with Crippen LogP contribution in [0.4, 0.5) is 4.79 Å². The minimum absolute atomic E-state index is 0.137. The normalized spacial score (nSPS) is 17.4. The van der Waals surface area contributed by atoms with E-state index < -0.39 is 11.6 Å². The summed E-state index contributed by atoms with van der Waals surface area (Å²) in [5.41, 5.74) is -1.20. The van der Waals surface area contributed by atoms with Gasteiger partial charge in [-0.05, 0) is 12.8 Å². The second kappa shape index (κ2) is 7.09. The van der Waals surface area contributed by atoms with Crippen molar-refractivity contribution < 1.29 is 19.8 Å². The zero-order valence-corrected chi connectivity index (χ0v) is 11.6. The van der Waals surface area contributed by atoms with Gasteiger partial charge in [-0.2, -0.15) is 0 Å². The monoisotopic (exact) mass is 282 g/mol. The van der Waals surface area contributed by atoms with Gasteiger partial charge in [0.05, 0.1) is 12.0 Å². The summed E-state index contributed by atoms with van der Waals surface area (Å²) in [6, 6.07) is -0.137. The van der Waals surface area contributed by atoms with E-state index in [9.17, 15) is 14.7 Å². The third kappa shape index (κ3) is 4.38. The molecule has 2 N–H and O–H groups in total. The highest BCUT2D eigenvalue weighted by molar-refractivity contribution is 5.75. The minimum atomic E-state index is -1.20. The number of carbonyl (C=O) groups excluding carboxylic acids is 1. The Kier molecular flexibility index (Phi) is 5.76. The van der Waals surface area contributed by atoms with E-state index in [1.807, 2.05) is 0 Å². The Hall–Kier alpha value is -1.82. The lowest BCUT2D eigenvalue weighted by Crippen LogP contribution is -2.51. The Morgan fingerprint density at radius 3 is 2.10 bits per heavy atom. The molecule has 1 rings (SSSR count). The molecular weight excluding hydrogens is 260 g/mol. The smallest absolute Gasteiger partial charge is 0.320 e. The van der Waals surface area contributed by atoms with Gasteiger partial charge in [-0.15, -0.1) is 13.2 Å². The quantitative estimate of drug-likeness (QED) is 0.714. The molecule has 1 heterocycles.